The van der Waals surface area contributed by atoms with Gasteiger partial charge in [0.25, 0.3) is 0 Å². The normalized spacial score (nSPS) is 12.4. The summed E-state index contributed by atoms with van der Waals surface area (Å²) in [5.41, 5.74) is -1.26. The van der Waals surface area contributed by atoms with Crippen molar-refractivity contribution in [1.82, 2.24) is 10.6 Å². The van der Waals surface area contributed by atoms with Crippen LogP contribution < -0.4 is 10.6 Å². The lowest BCUT2D eigenvalue weighted by atomic mass is 10.0. The highest BCUT2D eigenvalue weighted by Crippen LogP contribution is 2.29. The summed E-state index contributed by atoms with van der Waals surface area (Å²) in [5.74, 6) is -4.29. The highest BCUT2D eigenvalue weighted by molar-refractivity contribution is 5.93. The van der Waals surface area contributed by atoms with Crippen LogP contribution in [-0.2, 0) is 36.6 Å². The van der Waals surface area contributed by atoms with Crippen LogP contribution in [0.4, 0.5) is 18.0 Å². The lowest BCUT2D eigenvalue weighted by Gasteiger charge is -2.19. The van der Waals surface area contributed by atoms with E-state index in [0.717, 1.165) is 24.3 Å². The number of alkyl halides is 3. The van der Waals surface area contributed by atoms with Crippen molar-refractivity contribution in [1.29, 1.82) is 0 Å². The number of ether oxygens (including phenoxy) is 2. The fourth-order valence-corrected chi connectivity index (χ4v) is 2.62. The van der Waals surface area contributed by atoms with Crippen LogP contribution in [0.1, 0.15) is 51.2 Å². The summed E-state index contributed by atoms with van der Waals surface area (Å²) >= 11 is 0. The molecule has 0 heterocycles. The van der Waals surface area contributed by atoms with E-state index in [1.54, 1.807) is 20.8 Å². The number of rotatable bonds is 11. The molecule has 3 N–H and O–H groups in total. The van der Waals surface area contributed by atoms with Crippen LogP contribution in [-0.4, -0.2) is 47.7 Å². The number of carboxylic acids is 1. The minimum absolute atomic E-state index is 0.0484. The van der Waals surface area contributed by atoms with E-state index in [2.05, 4.69) is 10.6 Å². The molecule has 2 amide bonds. The van der Waals surface area contributed by atoms with Gasteiger partial charge in [0, 0.05) is 6.54 Å². The molecule has 0 radical (unpaired) electrons. The van der Waals surface area contributed by atoms with Crippen molar-refractivity contribution in [2.24, 2.45) is 5.92 Å². The van der Waals surface area contributed by atoms with Crippen LogP contribution in [0, 0.1) is 5.92 Å². The van der Waals surface area contributed by atoms with Gasteiger partial charge in [-0.25, -0.2) is 4.79 Å². The highest BCUT2D eigenvalue weighted by atomic mass is 19.4. The third-order valence-corrected chi connectivity index (χ3v) is 4.28. The molecule has 0 bridgehead atoms. The number of carboxylic acid groups (broad SMARTS) is 1. The molecule has 0 aliphatic carbocycles. The summed E-state index contributed by atoms with van der Waals surface area (Å²) in [7, 11) is 0. The van der Waals surface area contributed by atoms with Gasteiger partial charge in [0.1, 0.15) is 12.2 Å². The van der Waals surface area contributed by atoms with Crippen molar-refractivity contribution < 1.29 is 46.9 Å². The first-order valence-corrected chi connectivity index (χ1v) is 10.5. The van der Waals surface area contributed by atoms with Crippen molar-refractivity contribution in [3.8, 4) is 0 Å². The average molecular weight is 490 g/mol. The van der Waals surface area contributed by atoms with Crippen molar-refractivity contribution >= 4 is 23.9 Å². The van der Waals surface area contributed by atoms with Gasteiger partial charge in [0.2, 0.25) is 5.91 Å². The number of esters is 1. The molecule has 34 heavy (non-hydrogen) atoms. The second-order valence-electron chi connectivity index (χ2n) is 8.39. The molecule has 1 aromatic rings. The predicted molar refractivity (Wildman–Crippen MR) is 113 cm³/mol. The minimum atomic E-state index is -4.49. The third-order valence-electron chi connectivity index (χ3n) is 4.28. The molecular weight excluding hydrogens is 461 g/mol. The minimum Gasteiger partial charge on any atom is -0.481 e. The van der Waals surface area contributed by atoms with E-state index in [9.17, 15) is 37.5 Å². The van der Waals surface area contributed by atoms with Gasteiger partial charge < -0.3 is 25.2 Å². The molecule has 1 atom stereocenters. The molecule has 0 saturated heterocycles. The van der Waals surface area contributed by atoms with Crippen molar-refractivity contribution in [2.45, 2.75) is 58.4 Å². The lowest BCUT2D eigenvalue weighted by Crippen LogP contribution is -2.40. The smallest absolute Gasteiger partial charge is 0.416 e. The second-order valence-corrected chi connectivity index (χ2v) is 8.39. The maximum Gasteiger partial charge on any atom is 0.416 e. The number of hydrogen-bond donors (Lipinski definition) is 3. The van der Waals surface area contributed by atoms with Crippen molar-refractivity contribution in [3.63, 3.8) is 0 Å². The van der Waals surface area contributed by atoms with Crippen LogP contribution >= 0.6 is 0 Å². The molecule has 0 saturated carbocycles. The number of aliphatic carboxylic acids is 1. The zero-order chi connectivity index (χ0) is 25.9. The number of halogens is 3. The predicted octanol–water partition coefficient (Wildman–Crippen LogP) is 3.26. The molecule has 9 nitrogen and oxygen atoms in total. The maximum atomic E-state index is 12.6. The van der Waals surface area contributed by atoms with Crippen molar-refractivity contribution in [3.05, 3.63) is 35.4 Å². The molecule has 0 aromatic heterocycles. The molecule has 0 aliphatic rings. The van der Waals surface area contributed by atoms with E-state index >= 15 is 0 Å². The van der Waals surface area contributed by atoms with Crippen LogP contribution in [0.3, 0.4) is 0 Å². The summed E-state index contributed by atoms with van der Waals surface area (Å²) in [6, 6.07) is 3.98. The Hall–Kier alpha value is -3.31. The lowest BCUT2D eigenvalue weighted by molar-refractivity contribution is -0.160. The molecule has 1 aromatic carbocycles. The maximum absolute atomic E-state index is 12.6. The van der Waals surface area contributed by atoms with Gasteiger partial charge in [0.15, 0.2) is 5.92 Å². The highest BCUT2D eigenvalue weighted by Gasteiger charge is 2.30. The molecule has 12 heteroatoms. The Bertz CT molecular complexity index is 850. The second kappa shape index (κ2) is 12.8. The number of alkyl carbamates (subject to hydrolysis) is 1. The number of amides is 2. The topological polar surface area (TPSA) is 131 Å². The summed E-state index contributed by atoms with van der Waals surface area (Å²) in [5, 5.41) is 14.1. The van der Waals surface area contributed by atoms with E-state index in [-0.39, 0.29) is 38.1 Å². The molecule has 190 valence electrons. The van der Waals surface area contributed by atoms with Gasteiger partial charge in [-0.15, -0.1) is 0 Å². The number of nitrogens with one attached hydrogen (secondary N) is 2. The quantitative estimate of drug-likeness (QED) is 0.247. The Morgan fingerprint density at radius 1 is 1.00 bits per heavy atom. The van der Waals surface area contributed by atoms with Crippen LogP contribution in [0.15, 0.2) is 24.3 Å². The van der Waals surface area contributed by atoms with Crippen molar-refractivity contribution in [2.75, 3.05) is 13.1 Å². The van der Waals surface area contributed by atoms with E-state index in [1.807, 2.05) is 0 Å². The molecule has 0 aliphatic heterocycles. The van der Waals surface area contributed by atoms with E-state index in [1.165, 1.54) is 0 Å². The number of hydrogen-bond acceptors (Lipinski definition) is 6. The molecular formula is C22H29F3N2O7. The first-order chi connectivity index (χ1) is 15.7. The Balaban J connectivity index is 2.34. The van der Waals surface area contributed by atoms with Gasteiger partial charge in [0.05, 0.1) is 12.1 Å². The van der Waals surface area contributed by atoms with Crippen LogP contribution in [0.2, 0.25) is 0 Å². The Morgan fingerprint density at radius 2 is 1.62 bits per heavy atom. The zero-order valence-corrected chi connectivity index (χ0v) is 19.2. The Labute approximate surface area is 195 Å². The third kappa shape index (κ3) is 11.5. The van der Waals surface area contributed by atoms with Crippen LogP contribution in [0.5, 0.6) is 0 Å². The molecule has 0 fully saturated rings. The first kappa shape index (κ1) is 28.7. The number of carbonyl (C=O) groups excluding carboxylic acids is 3. The monoisotopic (exact) mass is 490 g/mol. The van der Waals surface area contributed by atoms with E-state index in [0.29, 0.717) is 6.42 Å². The first-order valence-electron chi connectivity index (χ1n) is 10.5. The average Bonchev–Trinajstić information content (AvgIpc) is 2.71. The number of carbonyl (C=O) groups is 4. The molecule has 1 unspecified atom stereocenters. The Morgan fingerprint density at radius 3 is 2.15 bits per heavy atom. The fourth-order valence-electron chi connectivity index (χ4n) is 2.62. The zero-order valence-electron chi connectivity index (χ0n) is 19.2. The Kier molecular flexibility index (Phi) is 10.8. The number of benzene rings is 1. The standard InChI is InChI=1S/C22H29F3N2O7/c1-21(2,3)34-20(32)27-12-17(28)26-11-5-4-6-16(18(29)30)19(31)33-13-14-7-9-15(10-8-14)22(23,24)25/h7-10,16H,4-6,11-13H2,1-3H3,(H,26,28)(H,27,32)(H,29,30). The van der Waals surface area contributed by atoms with Gasteiger partial charge in [-0.3, -0.25) is 14.4 Å². The van der Waals surface area contributed by atoms with Gasteiger partial charge >= 0.3 is 24.2 Å². The van der Waals surface area contributed by atoms with E-state index in [4.69, 9.17) is 9.47 Å². The van der Waals surface area contributed by atoms with Gasteiger partial charge in [-0.2, -0.15) is 13.2 Å². The summed E-state index contributed by atoms with van der Waals surface area (Å²) < 4.78 is 47.7. The summed E-state index contributed by atoms with van der Waals surface area (Å²) in [6.07, 6.45) is -4.62. The van der Waals surface area contributed by atoms with E-state index < -0.39 is 47.2 Å². The van der Waals surface area contributed by atoms with Crippen LogP contribution in [0.25, 0.3) is 0 Å². The fraction of sp³-hybridized carbons (Fsp3) is 0.545. The van der Waals surface area contributed by atoms with Gasteiger partial charge in [-0.05, 0) is 51.3 Å². The largest absolute Gasteiger partial charge is 0.481 e. The molecule has 1 rings (SSSR count). The SMILES string of the molecule is CC(C)(C)OC(=O)NCC(=O)NCCCCC(C(=O)O)C(=O)OCc1ccc(C(F)(F)F)cc1. The summed E-state index contributed by atoms with van der Waals surface area (Å²) in [6.45, 7) is 4.59. The number of unbranched alkanes of at least 4 members (excludes halogenated alkanes) is 1. The van der Waals surface area contributed by atoms with Gasteiger partial charge in [-0.1, -0.05) is 18.6 Å². The summed E-state index contributed by atoms with van der Waals surface area (Å²) in [4.78, 5) is 46.7. The molecule has 0 spiro atoms.